The molecule has 2 rings (SSSR count). The van der Waals surface area contributed by atoms with E-state index < -0.39 is 0 Å². The van der Waals surface area contributed by atoms with Crippen molar-refractivity contribution in [2.75, 3.05) is 6.54 Å². The number of aromatic nitrogens is 2. The number of halogens is 1. The minimum atomic E-state index is 0.265. The molecule has 0 radical (unpaired) electrons. The summed E-state index contributed by atoms with van der Waals surface area (Å²) in [5, 5.41) is 5.29. The molecule has 0 spiro atoms. The van der Waals surface area contributed by atoms with Crippen molar-refractivity contribution in [2.24, 2.45) is 0 Å². The van der Waals surface area contributed by atoms with Gasteiger partial charge in [-0.3, -0.25) is 4.98 Å². The van der Waals surface area contributed by atoms with Crippen LogP contribution in [0.4, 0.5) is 0 Å². The van der Waals surface area contributed by atoms with Crippen LogP contribution in [0.15, 0.2) is 24.7 Å². The highest BCUT2D eigenvalue weighted by molar-refractivity contribution is 7.11. The Morgan fingerprint density at radius 1 is 1.44 bits per heavy atom. The van der Waals surface area contributed by atoms with Crippen LogP contribution in [0.1, 0.15) is 28.4 Å². The Bertz CT molecular complexity index is 512. The van der Waals surface area contributed by atoms with Crippen LogP contribution >= 0.6 is 22.9 Å². The number of likely N-dealkylation sites (N-methyl/N-ethyl adjacent to an activating group) is 1. The lowest BCUT2D eigenvalue weighted by Crippen LogP contribution is -2.22. The summed E-state index contributed by atoms with van der Waals surface area (Å²) in [6, 6.07) is 2.24. The van der Waals surface area contributed by atoms with Gasteiger partial charge in [0.1, 0.15) is 0 Å². The fourth-order valence-electron chi connectivity index (χ4n) is 1.85. The predicted molar refractivity (Wildman–Crippen MR) is 76.2 cm³/mol. The second kappa shape index (κ2) is 6.27. The number of hydrogen-bond acceptors (Lipinski definition) is 4. The second-order valence-electron chi connectivity index (χ2n) is 4.06. The molecular weight excluding hydrogens is 266 g/mol. The highest BCUT2D eigenvalue weighted by Gasteiger charge is 2.15. The van der Waals surface area contributed by atoms with Crippen LogP contribution < -0.4 is 5.32 Å². The van der Waals surface area contributed by atoms with E-state index in [1.165, 1.54) is 4.88 Å². The summed E-state index contributed by atoms with van der Waals surface area (Å²) in [6.45, 7) is 5.05. The third-order valence-corrected chi connectivity index (χ3v) is 4.08. The van der Waals surface area contributed by atoms with Gasteiger partial charge in [0.25, 0.3) is 0 Å². The molecule has 0 bridgehead atoms. The van der Waals surface area contributed by atoms with Crippen molar-refractivity contribution >= 4 is 22.9 Å². The lowest BCUT2D eigenvalue weighted by Gasteiger charge is -2.16. The average Bonchev–Trinajstić information content (AvgIpc) is 2.78. The number of aryl methyl sites for hydroxylation is 1. The van der Waals surface area contributed by atoms with Crippen molar-refractivity contribution in [2.45, 2.75) is 26.3 Å². The molecule has 5 heteroatoms. The third-order valence-electron chi connectivity index (χ3n) is 2.71. The standard InChI is InChI=1S/C13H16ClN3S/c1-3-16-12(13-8-17-9(2)18-13)6-10-4-5-15-7-11(10)14/h4-5,7-8,12,16H,3,6H2,1-2H3. The first-order valence-corrected chi connectivity index (χ1v) is 7.14. The van der Waals surface area contributed by atoms with Gasteiger partial charge in [-0.1, -0.05) is 18.5 Å². The van der Waals surface area contributed by atoms with Crippen LogP contribution in [-0.4, -0.2) is 16.5 Å². The van der Waals surface area contributed by atoms with Gasteiger partial charge in [0.05, 0.1) is 10.0 Å². The molecule has 0 amide bonds. The smallest absolute Gasteiger partial charge is 0.0897 e. The average molecular weight is 282 g/mol. The molecule has 1 N–H and O–H groups in total. The van der Waals surface area contributed by atoms with Gasteiger partial charge in [-0.2, -0.15) is 0 Å². The Labute approximate surface area is 116 Å². The molecule has 0 aromatic carbocycles. The fraction of sp³-hybridized carbons (Fsp3) is 0.385. The number of hydrogen-bond donors (Lipinski definition) is 1. The maximum atomic E-state index is 6.16. The largest absolute Gasteiger partial charge is 0.309 e. The third kappa shape index (κ3) is 3.28. The molecule has 0 aliphatic heterocycles. The van der Waals surface area contributed by atoms with Gasteiger partial charge >= 0.3 is 0 Å². The van der Waals surface area contributed by atoms with Crippen LogP contribution in [0.25, 0.3) is 0 Å². The van der Waals surface area contributed by atoms with E-state index >= 15 is 0 Å². The van der Waals surface area contributed by atoms with Crippen molar-refractivity contribution in [3.05, 3.63) is 45.1 Å². The number of pyridine rings is 1. The minimum Gasteiger partial charge on any atom is -0.309 e. The van der Waals surface area contributed by atoms with E-state index in [-0.39, 0.29) is 6.04 Å². The van der Waals surface area contributed by atoms with Crippen molar-refractivity contribution < 1.29 is 0 Å². The molecule has 3 nitrogen and oxygen atoms in total. The first kappa shape index (κ1) is 13.5. The molecule has 0 fully saturated rings. The maximum Gasteiger partial charge on any atom is 0.0897 e. The SMILES string of the molecule is CCNC(Cc1ccncc1Cl)c1cnc(C)s1. The van der Waals surface area contributed by atoms with E-state index in [0.717, 1.165) is 28.6 Å². The molecule has 0 aliphatic rings. The highest BCUT2D eigenvalue weighted by Crippen LogP contribution is 2.26. The quantitative estimate of drug-likeness (QED) is 0.913. The minimum absolute atomic E-state index is 0.265. The van der Waals surface area contributed by atoms with Crippen LogP contribution in [0.2, 0.25) is 5.02 Å². The fourth-order valence-corrected chi connectivity index (χ4v) is 2.91. The summed E-state index contributed by atoms with van der Waals surface area (Å²) < 4.78 is 0. The van der Waals surface area contributed by atoms with Crippen molar-refractivity contribution in [1.82, 2.24) is 15.3 Å². The lowest BCUT2D eigenvalue weighted by molar-refractivity contribution is 0.557. The zero-order valence-electron chi connectivity index (χ0n) is 10.5. The first-order chi connectivity index (χ1) is 8.70. The lowest BCUT2D eigenvalue weighted by atomic mass is 10.1. The van der Waals surface area contributed by atoms with Crippen molar-refractivity contribution in [1.29, 1.82) is 0 Å². The van der Waals surface area contributed by atoms with E-state index in [4.69, 9.17) is 11.6 Å². The zero-order valence-corrected chi connectivity index (χ0v) is 12.1. The Hall–Kier alpha value is -0.970. The summed E-state index contributed by atoms with van der Waals surface area (Å²) in [5.74, 6) is 0. The Kier molecular flexibility index (Phi) is 4.69. The summed E-state index contributed by atoms with van der Waals surface area (Å²) >= 11 is 7.89. The zero-order chi connectivity index (χ0) is 13.0. The Morgan fingerprint density at radius 3 is 2.89 bits per heavy atom. The summed E-state index contributed by atoms with van der Waals surface area (Å²) in [7, 11) is 0. The monoisotopic (exact) mass is 281 g/mol. The molecule has 2 heterocycles. The highest BCUT2D eigenvalue weighted by atomic mass is 35.5. The van der Waals surface area contributed by atoms with E-state index in [1.807, 2.05) is 19.2 Å². The molecule has 18 heavy (non-hydrogen) atoms. The van der Waals surface area contributed by atoms with Crippen LogP contribution in [0.3, 0.4) is 0 Å². The molecule has 2 aromatic heterocycles. The summed E-state index contributed by atoms with van der Waals surface area (Å²) in [5.41, 5.74) is 1.11. The van der Waals surface area contributed by atoms with Crippen molar-refractivity contribution in [3.8, 4) is 0 Å². The number of rotatable bonds is 5. The number of nitrogens with zero attached hydrogens (tertiary/aromatic N) is 2. The van der Waals surface area contributed by atoms with E-state index in [0.29, 0.717) is 0 Å². The summed E-state index contributed by atoms with van der Waals surface area (Å²) in [6.07, 6.45) is 6.28. The normalized spacial score (nSPS) is 12.6. The Morgan fingerprint density at radius 2 is 2.28 bits per heavy atom. The molecule has 1 unspecified atom stereocenters. The molecular formula is C13H16ClN3S. The van der Waals surface area contributed by atoms with Gasteiger partial charge in [0, 0.05) is 29.5 Å². The molecule has 1 atom stereocenters. The predicted octanol–water partition coefficient (Wildman–Crippen LogP) is 3.39. The first-order valence-electron chi connectivity index (χ1n) is 5.94. The number of thiazole rings is 1. The second-order valence-corrected chi connectivity index (χ2v) is 5.74. The van der Waals surface area contributed by atoms with Crippen molar-refractivity contribution in [3.63, 3.8) is 0 Å². The van der Waals surface area contributed by atoms with Crippen LogP contribution in [-0.2, 0) is 6.42 Å². The van der Waals surface area contributed by atoms with Gasteiger partial charge in [-0.25, -0.2) is 4.98 Å². The van der Waals surface area contributed by atoms with Gasteiger partial charge in [-0.15, -0.1) is 11.3 Å². The number of nitrogens with one attached hydrogen (secondary N) is 1. The molecule has 0 saturated heterocycles. The van der Waals surface area contributed by atoms with Crippen LogP contribution in [0, 0.1) is 6.92 Å². The topological polar surface area (TPSA) is 37.8 Å². The van der Waals surface area contributed by atoms with Gasteiger partial charge in [-0.05, 0) is 31.5 Å². The molecule has 0 aliphatic carbocycles. The van der Waals surface area contributed by atoms with Gasteiger partial charge in [0.2, 0.25) is 0 Å². The summed E-state index contributed by atoms with van der Waals surface area (Å²) in [4.78, 5) is 9.58. The van der Waals surface area contributed by atoms with E-state index in [9.17, 15) is 0 Å². The van der Waals surface area contributed by atoms with E-state index in [1.54, 1.807) is 23.7 Å². The Balaban J connectivity index is 2.19. The van der Waals surface area contributed by atoms with Crippen LogP contribution in [0.5, 0.6) is 0 Å². The van der Waals surface area contributed by atoms with E-state index in [2.05, 4.69) is 22.2 Å². The van der Waals surface area contributed by atoms with Gasteiger partial charge < -0.3 is 5.32 Å². The molecule has 0 saturated carbocycles. The molecule has 96 valence electrons. The van der Waals surface area contributed by atoms with Gasteiger partial charge in [0.15, 0.2) is 0 Å². The maximum absolute atomic E-state index is 6.16. The molecule has 2 aromatic rings.